The molecule has 7 nitrogen and oxygen atoms in total. The van der Waals surface area contributed by atoms with E-state index < -0.39 is 34.6 Å². The topological polar surface area (TPSA) is 71.1 Å². The largest absolute Gasteiger partial charge is 0.386 e. The number of hydrogen-bond acceptors (Lipinski definition) is 6. The number of β-amino-alcohol motifs (C(OH)–C–C–N with tert-alkyl or cyclic N) is 1. The molecule has 2 aromatic carbocycles. The van der Waals surface area contributed by atoms with Crippen molar-refractivity contribution in [3.63, 3.8) is 0 Å². The lowest BCUT2D eigenvalue weighted by atomic mass is 9.95. The summed E-state index contributed by atoms with van der Waals surface area (Å²) in [5.41, 5.74) is -0.958. The molecule has 238 valence electrons. The lowest BCUT2D eigenvalue weighted by molar-refractivity contribution is -0.0668. The second-order valence-electron chi connectivity index (χ2n) is 10.5. The van der Waals surface area contributed by atoms with Gasteiger partial charge >= 0.3 is 0 Å². The van der Waals surface area contributed by atoms with Crippen LogP contribution < -0.4 is 10.6 Å². The third-order valence-electron chi connectivity index (χ3n) is 7.03. The summed E-state index contributed by atoms with van der Waals surface area (Å²) < 4.78 is 41.9. The molecule has 0 radical (unpaired) electrons. The number of amides is 1. The van der Waals surface area contributed by atoms with E-state index in [2.05, 4.69) is 41.2 Å². The maximum atomic E-state index is 14.3. The Kier molecular flexibility index (Phi) is 16.7. The van der Waals surface area contributed by atoms with Crippen molar-refractivity contribution in [1.29, 1.82) is 0 Å². The van der Waals surface area contributed by atoms with Gasteiger partial charge in [-0.05, 0) is 89.9 Å². The molecule has 1 amide bonds. The molecule has 1 fully saturated rings. The van der Waals surface area contributed by atoms with Gasteiger partial charge in [0, 0.05) is 13.1 Å². The maximum Gasteiger partial charge on any atom is 0.256 e. The summed E-state index contributed by atoms with van der Waals surface area (Å²) in [6.45, 7) is 22.4. The third kappa shape index (κ3) is 11.6. The summed E-state index contributed by atoms with van der Waals surface area (Å²) in [7, 11) is 2.02. The molecule has 0 aromatic heterocycles. The van der Waals surface area contributed by atoms with E-state index in [0.717, 1.165) is 18.7 Å². The van der Waals surface area contributed by atoms with Gasteiger partial charge in [-0.3, -0.25) is 4.79 Å². The Labute approximate surface area is 251 Å². The highest BCUT2D eigenvalue weighted by Crippen LogP contribution is 2.31. The number of carbonyl (C=O) groups is 1. The molecule has 0 spiro atoms. The van der Waals surface area contributed by atoms with Crippen LogP contribution in [0.15, 0.2) is 30.3 Å². The van der Waals surface area contributed by atoms with Gasteiger partial charge < -0.3 is 30.4 Å². The van der Waals surface area contributed by atoms with Crippen molar-refractivity contribution in [3.8, 4) is 0 Å². The van der Waals surface area contributed by atoms with Gasteiger partial charge in [0.15, 0.2) is 11.6 Å². The predicted octanol–water partition coefficient (Wildman–Crippen LogP) is 5.65. The minimum absolute atomic E-state index is 0.0697. The van der Waals surface area contributed by atoms with Crippen LogP contribution in [0.2, 0.25) is 0 Å². The molecule has 1 heterocycles. The average molecular weight is 596 g/mol. The number of likely N-dealkylation sites (tertiary alicyclic amines) is 1. The third-order valence-corrected chi connectivity index (χ3v) is 7.03. The van der Waals surface area contributed by atoms with Gasteiger partial charge in [-0.2, -0.15) is 0 Å². The second kappa shape index (κ2) is 18.8. The van der Waals surface area contributed by atoms with Crippen molar-refractivity contribution >= 4 is 17.3 Å². The van der Waals surface area contributed by atoms with Crippen LogP contribution in [0.25, 0.3) is 0 Å². The number of carbonyl (C=O) groups excluding carboxylic acids is 1. The zero-order chi connectivity index (χ0) is 31.9. The summed E-state index contributed by atoms with van der Waals surface area (Å²) in [4.78, 5) is 18.9. The van der Waals surface area contributed by atoms with E-state index >= 15 is 0 Å². The van der Waals surface area contributed by atoms with Crippen LogP contribution in [0.5, 0.6) is 0 Å². The Morgan fingerprint density at radius 3 is 2.07 bits per heavy atom. The Hall–Kier alpha value is -2.66. The van der Waals surface area contributed by atoms with E-state index in [4.69, 9.17) is 0 Å². The summed E-state index contributed by atoms with van der Waals surface area (Å²) in [5, 5.41) is 15.4. The Morgan fingerprint density at radius 1 is 0.952 bits per heavy atom. The van der Waals surface area contributed by atoms with E-state index in [0.29, 0.717) is 5.56 Å². The smallest absolute Gasteiger partial charge is 0.256 e. The number of rotatable bonds is 13. The molecule has 0 unspecified atom stereocenters. The number of anilines is 2. The summed E-state index contributed by atoms with van der Waals surface area (Å²) >= 11 is 0. The average Bonchev–Trinajstić information content (AvgIpc) is 2.96. The Morgan fingerprint density at radius 2 is 1.55 bits per heavy atom. The maximum absolute atomic E-state index is 14.3. The standard InChI is InChI=1S/C18H17F3N2O2.C12H29N3.C2H6/c1-10-3-6-14(13(20)7-10)22-16-11(4-5-12(19)15(16)21)17(24)23-8-18(2,25)9-23;1-5-14(6-2)11-12-15(7-3)10-8-9-13-4;1-2/h3-7,22,25H,8-9H2,1-2H3;13H,5-12H2,1-4H3;1-2H3. The summed E-state index contributed by atoms with van der Waals surface area (Å²) in [5.74, 6) is -3.63. The van der Waals surface area contributed by atoms with Gasteiger partial charge in [0.25, 0.3) is 5.91 Å². The minimum Gasteiger partial charge on any atom is -0.386 e. The number of nitrogens with zero attached hydrogens (tertiary/aromatic N) is 3. The van der Waals surface area contributed by atoms with Crippen molar-refractivity contribution in [1.82, 2.24) is 20.0 Å². The van der Waals surface area contributed by atoms with E-state index in [-0.39, 0.29) is 24.3 Å². The molecule has 1 saturated heterocycles. The van der Waals surface area contributed by atoms with Gasteiger partial charge in [-0.15, -0.1) is 0 Å². The van der Waals surface area contributed by atoms with Gasteiger partial charge in [-0.1, -0.05) is 40.7 Å². The second-order valence-corrected chi connectivity index (χ2v) is 10.5. The molecule has 3 rings (SSSR count). The monoisotopic (exact) mass is 595 g/mol. The zero-order valence-electron chi connectivity index (χ0n) is 26.8. The highest BCUT2D eigenvalue weighted by molar-refractivity contribution is 6.01. The molecule has 0 saturated carbocycles. The number of aliphatic hydroxyl groups is 1. The van der Waals surface area contributed by atoms with Crippen molar-refractivity contribution in [3.05, 3.63) is 58.9 Å². The first-order chi connectivity index (χ1) is 20.0. The fourth-order valence-electron chi connectivity index (χ4n) is 4.53. The van der Waals surface area contributed by atoms with Crippen molar-refractivity contribution in [2.75, 3.05) is 71.3 Å². The first kappa shape index (κ1) is 37.4. The lowest BCUT2D eigenvalue weighted by Crippen LogP contribution is -2.61. The molecule has 10 heteroatoms. The number of benzene rings is 2. The van der Waals surface area contributed by atoms with Crippen LogP contribution >= 0.6 is 0 Å². The zero-order valence-corrected chi connectivity index (χ0v) is 26.8. The fraction of sp³-hybridized carbons (Fsp3) is 0.594. The number of halogens is 3. The Bertz CT molecular complexity index is 1090. The predicted molar refractivity (Wildman–Crippen MR) is 167 cm³/mol. The molecule has 1 aliphatic rings. The van der Waals surface area contributed by atoms with Crippen LogP contribution in [-0.4, -0.2) is 97.3 Å². The van der Waals surface area contributed by atoms with Crippen molar-refractivity contribution in [2.45, 2.75) is 60.5 Å². The van der Waals surface area contributed by atoms with Gasteiger partial charge in [0.05, 0.1) is 35.6 Å². The van der Waals surface area contributed by atoms with Gasteiger partial charge in [0.2, 0.25) is 0 Å². The molecule has 1 aliphatic heterocycles. The normalized spacial score (nSPS) is 13.6. The molecular weight excluding hydrogens is 543 g/mol. The Balaban J connectivity index is 0.000000448. The first-order valence-corrected chi connectivity index (χ1v) is 15.1. The number of aryl methyl sites for hydroxylation is 1. The minimum atomic E-state index is -1.27. The van der Waals surface area contributed by atoms with Crippen LogP contribution in [-0.2, 0) is 0 Å². The fourth-order valence-corrected chi connectivity index (χ4v) is 4.53. The van der Waals surface area contributed by atoms with Crippen LogP contribution in [0.1, 0.15) is 63.9 Å². The SMILES string of the molecule is CC.CCN(CC)CCN(CC)CCCNC.Cc1ccc(Nc2c(C(=O)N3CC(C)(O)C3)ccc(F)c2F)c(F)c1. The molecule has 0 aliphatic carbocycles. The van der Waals surface area contributed by atoms with Crippen LogP contribution in [0.4, 0.5) is 24.5 Å². The lowest BCUT2D eigenvalue weighted by Gasteiger charge is -2.44. The van der Waals surface area contributed by atoms with Gasteiger partial charge in [-0.25, -0.2) is 13.2 Å². The number of hydrogen-bond donors (Lipinski definition) is 3. The highest BCUT2D eigenvalue weighted by Gasteiger charge is 2.40. The molecule has 0 bridgehead atoms. The highest BCUT2D eigenvalue weighted by atomic mass is 19.2. The first-order valence-electron chi connectivity index (χ1n) is 15.1. The van der Waals surface area contributed by atoms with Crippen LogP contribution in [0, 0.1) is 24.4 Å². The van der Waals surface area contributed by atoms with Crippen molar-refractivity contribution < 1.29 is 23.1 Å². The molecule has 42 heavy (non-hydrogen) atoms. The molecular formula is C32H52F3N5O2. The van der Waals surface area contributed by atoms with Crippen LogP contribution in [0.3, 0.4) is 0 Å². The van der Waals surface area contributed by atoms with Crippen molar-refractivity contribution in [2.24, 2.45) is 0 Å². The summed E-state index contributed by atoms with van der Waals surface area (Å²) in [6.07, 6.45) is 1.25. The molecule has 3 N–H and O–H groups in total. The molecule has 0 atom stereocenters. The van der Waals surface area contributed by atoms with E-state index in [1.54, 1.807) is 19.9 Å². The van der Waals surface area contributed by atoms with E-state index in [1.807, 2.05) is 20.9 Å². The summed E-state index contributed by atoms with van der Waals surface area (Å²) in [6, 6.07) is 6.22. The van der Waals surface area contributed by atoms with Gasteiger partial charge in [0.1, 0.15) is 5.82 Å². The number of nitrogens with one attached hydrogen (secondary N) is 2. The number of likely N-dealkylation sites (N-methyl/N-ethyl adjacent to an activating group) is 2. The van der Waals surface area contributed by atoms with E-state index in [9.17, 15) is 23.1 Å². The molecule has 2 aromatic rings. The quantitative estimate of drug-likeness (QED) is 0.260. The van der Waals surface area contributed by atoms with E-state index in [1.165, 1.54) is 62.7 Å².